The van der Waals surface area contributed by atoms with Crippen molar-refractivity contribution in [3.8, 4) is 0 Å². The number of alkyl halides is 1. The highest BCUT2D eigenvalue weighted by molar-refractivity contribution is 7.66. The minimum atomic E-state index is -6.09. The summed E-state index contributed by atoms with van der Waals surface area (Å²) in [5, 5.41) is 24.1. The Bertz CT molecular complexity index is 1100. The molecule has 18 nitrogen and oxygen atoms in total. The van der Waals surface area contributed by atoms with Crippen molar-refractivity contribution in [3.63, 3.8) is 0 Å². The average molecular weight is 518 g/mol. The van der Waals surface area contributed by atoms with E-state index in [-0.39, 0.29) is 4.68 Å². The zero-order chi connectivity index (χ0) is 25.6. The van der Waals surface area contributed by atoms with Gasteiger partial charge in [-0.1, -0.05) is 0 Å². The van der Waals surface area contributed by atoms with Crippen molar-refractivity contribution >= 4 is 29.3 Å². The lowest BCUT2D eigenvalue weighted by molar-refractivity contribution is -0.126. The third-order valence-electron chi connectivity index (χ3n) is 3.37. The summed E-state index contributed by atoms with van der Waals surface area (Å²) in [6.45, 7) is -5.66. The summed E-state index contributed by atoms with van der Waals surface area (Å²) in [4.78, 5) is 50.8. The van der Waals surface area contributed by atoms with Gasteiger partial charge in [0.15, 0.2) is 11.8 Å². The normalized spacial score (nSPS) is 32.0. The molecule has 2 rings (SSSR count). The molecule has 1 fully saturated rings. The molecule has 8 N–H and O–H groups in total. The van der Waals surface area contributed by atoms with Gasteiger partial charge in [-0.05, 0) is 0 Å². The number of aliphatic hydroxyl groups is 2. The van der Waals surface area contributed by atoms with Crippen LogP contribution in [0.5, 0.6) is 0 Å². The number of hydrogen-bond donors (Lipinski definition) is 7. The highest BCUT2D eigenvalue weighted by atomic mass is 31.3. The van der Waals surface area contributed by atoms with Gasteiger partial charge in [-0.25, -0.2) is 22.9 Å². The first-order valence-electron chi connectivity index (χ1n) is 8.41. The second-order valence-corrected chi connectivity index (χ2v) is 10.0. The molecule has 6 atom stereocenters. The second-order valence-electron chi connectivity index (χ2n) is 5.69. The van der Waals surface area contributed by atoms with Crippen LogP contribution >= 0.6 is 23.5 Å². The fourth-order valence-electron chi connectivity index (χ4n) is 2.18. The van der Waals surface area contributed by atoms with Gasteiger partial charge < -0.3 is 40.3 Å². The largest absolute Gasteiger partial charge is 0.490 e. The van der Waals surface area contributed by atoms with Crippen LogP contribution in [0, 0.1) is 0 Å². The van der Waals surface area contributed by atoms with Crippen LogP contribution in [0.3, 0.4) is 0 Å². The van der Waals surface area contributed by atoms with Crippen LogP contribution < -0.4 is 11.4 Å². The average Bonchev–Trinajstić information content (AvgIpc) is 2.83. The third kappa shape index (κ3) is 6.43. The van der Waals surface area contributed by atoms with E-state index in [2.05, 4.69) is 23.2 Å². The molecule has 0 amide bonds. The molecule has 0 saturated carbocycles. The fourth-order valence-corrected chi connectivity index (χ4v) is 5.06. The molecule has 1 aromatic heterocycles. The second kappa shape index (κ2) is 8.99. The lowest BCUT2D eigenvalue weighted by atomic mass is 9.96. The van der Waals surface area contributed by atoms with E-state index < -0.39 is 72.2 Å². The number of phosphoric acid groups is 3. The quantitative estimate of drug-likeness (QED) is 0.167. The highest BCUT2D eigenvalue weighted by Gasteiger charge is 2.58. The summed E-state index contributed by atoms with van der Waals surface area (Å²) in [6.07, 6.45) is -6.77. The van der Waals surface area contributed by atoms with Crippen molar-refractivity contribution in [1.29, 1.82) is 0 Å². The van der Waals surface area contributed by atoms with Crippen molar-refractivity contribution in [3.05, 3.63) is 16.7 Å². The molecule has 3 unspecified atom stereocenters. The number of aliphatic hydroxyl groups excluding tert-OH is 1. The molecule has 2 heterocycles. The highest BCUT2D eigenvalue weighted by Crippen LogP contribution is 2.66. The Labute approximate surface area is 173 Å². The van der Waals surface area contributed by atoms with E-state index in [4.69, 9.17) is 27.9 Å². The van der Waals surface area contributed by atoms with E-state index in [0.717, 1.165) is 6.20 Å². The van der Waals surface area contributed by atoms with Crippen LogP contribution in [-0.4, -0.2) is 75.6 Å². The van der Waals surface area contributed by atoms with Gasteiger partial charge in [-0.3, -0.25) is 4.52 Å². The predicted molar refractivity (Wildman–Crippen MR) is 91.4 cm³/mol. The molecule has 0 radical (unpaired) electrons. The van der Waals surface area contributed by atoms with Gasteiger partial charge in [0.25, 0.3) is 0 Å². The number of halogens is 1. The van der Waals surface area contributed by atoms with Gasteiger partial charge in [0.05, 0.1) is 15.5 Å². The zero-order valence-corrected chi connectivity index (χ0v) is 17.3. The molecule has 0 spiro atoms. The van der Waals surface area contributed by atoms with Gasteiger partial charge in [-0.2, -0.15) is 23.4 Å². The van der Waals surface area contributed by atoms with Crippen molar-refractivity contribution in [1.82, 2.24) is 14.8 Å². The topological polar surface area (TPSA) is 283 Å². The number of phosphoric ester groups is 1. The summed E-state index contributed by atoms with van der Waals surface area (Å²) in [6, 6.07) is 0. The standard InChI is InChI=1S/C9H16FN4O14P3/c10-3-9(17)6(15)4(26-7(9)14-8(16)13-5(11)1-12-14)2-25-30(21,22)28-31(23,24)27-29(18,19)20/h1,4,6-7,15,17H,2-3H2,(H,21,22)(H,23,24)(H2,11,13,16)(H2,18,19,20)/t4-,6+,7-,9?/m1/s1/i2D2. The maximum atomic E-state index is 13.6. The van der Waals surface area contributed by atoms with Crippen molar-refractivity contribution in [2.45, 2.75) is 24.0 Å². The maximum Gasteiger partial charge on any atom is 0.490 e. The van der Waals surface area contributed by atoms with E-state index in [9.17, 15) is 38.0 Å². The van der Waals surface area contributed by atoms with E-state index >= 15 is 0 Å². The third-order valence-corrected chi connectivity index (χ3v) is 7.04. The molecule has 22 heteroatoms. The summed E-state index contributed by atoms with van der Waals surface area (Å²) >= 11 is 0. The predicted octanol–water partition coefficient (Wildman–Crippen LogP) is -2.48. The van der Waals surface area contributed by atoms with Crippen molar-refractivity contribution in [2.24, 2.45) is 0 Å². The number of nitrogen functional groups attached to an aromatic ring is 1. The Morgan fingerprint density at radius 1 is 1.29 bits per heavy atom. The Balaban J connectivity index is 2.34. The van der Waals surface area contributed by atoms with Gasteiger partial charge in [0, 0.05) is 0 Å². The summed E-state index contributed by atoms with van der Waals surface area (Å²) in [7, 11) is -17.9. The van der Waals surface area contributed by atoms with Crippen LogP contribution in [0.15, 0.2) is 11.0 Å². The summed E-state index contributed by atoms with van der Waals surface area (Å²) < 4.78 is 78.8. The molecular weight excluding hydrogens is 500 g/mol. The Morgan fingerprint density at radius 3 is 2.42 bits per heavy atom. The molecule has 1 saturated heterocycles. The van der Waals surface area contributed by atoms with E-state index in [1.165, 1.54) is 0 Å². The Morgan fingerprint density at radius 2 is 1.90 bits per heavy atom. The van der Waals surface area contributed by atoms with E-state index in [0.29, 0.717) is 0 Å². The zero-order valence-electron chi connectivity index (χ0n) is 16.6. The molecule has 0 aliphatic carbocycles. The summed E-state index contributed by atoms with van der Waals surface area (Å²) in [5.74, 6) is -0.405. The van der Waals surface area contributed by atoms with Gasteiger partial charge >= 0.3 is 29.2 Å². The number of anilines is 1. The minimum Gasteiger partial charge on any atom is -0.387 e. The monoisotopic (exact) mass is 518 g/mol. The molecular formula is C9H16FN4O14P3. The first-order valence-corrected chi connectivity index (χ1v) is 11.9. The molecule has 0 aromatic carbocycles. The van der Waals surface area contributed by atoms with Crippen molar-refractivity contribution < 1.29 is 68.5 Å². The molecule has 0 bridgehead atoms. The number of aromatic nitrogens is 3. The number of rotatable bonds is 9. The SMILES string of the molecule is [2H]C([2H])(OP(=O)(O)OP(=O)(O)OP(=O)(O)O)[C@H]1O[C@@H](n2ncc(N)nc2=O)C(O)(CF)[C@H]1O. The Hall–Kier alpha value is -1.17. The van der Waals surface area contributed by atoms with Gasteiger partial charge in [0.1, 0.15) is 24.7 Å². The smallest absolute Gasteiger partial charge is 0.387 e. The minimum absolute atomic E-state index is 0.167. The van der Waals surface area contributed by atoms with Crippen molar-refractivity contribution in [2.75, 3.05) is 19.0 Å². The first-order chi connectivity index (χ1) is 14.7. The summed E-state index contributed by atoms with van der Waals surface area (Å²) in [5.41, 5.74) is 0.795. The number of hydrogen-bond acceptors (Lipinski definition) is 13. The molecule has 1 aliphatic heterocycles. The van der Waals surface area contributed by atoms with Gasteiger partial charge in [-0.15, -0.1) is 0 Å². The molecule has 31 heavy (non-hydrogen) atoms. The first kappa shape index (κ1) is 23.0. The van der Waals surface area contributed by atoms with Crippen LogP contribution in [0.25, 0.3) is 0 Å². The van der Waals surface area contributed by atoms with E-state index in [1.54, 1.807) is 0 Å². The number of nitrogens with two attached hydrogens (primary N) is 1. The molecule has 1 aliphatic rings. The lowest BCUT2D eigenvalue weighted by Gasteiger charge is -2.27. The van der Waals surface area contributed by atoms with Crippen LogP contribution in [0.1, 0.15) is 8.97 Å². The number of nitrogens with zero attached hydrogens (tertiary/aromatic N) is 3. The van der Waals surface area contributed by atoms with Crippen LogP contribution in [0.4, 0.5) is 10.2 Å². The van der Waals surface area contributed by atoms with Crippen LogP contribution in [0.2, 0.25) is 0 Å². The molecule has 1 aromatic rings. The van der Waals surface area contributed by atoms with E-state index in [1.807, 2.05) is 0 Å². The van der Waals surface area contributed by atoms with Crippen LogP contribution in [-0.2, 0) is 31.6 Å². The Kier molecular flexibility index (Phi) is 6.67. The maximum absolute atomic E-state index is 13.6. The number of ether oxygens (including phenoxy) is 1. The van der Waals surface area contributed by atoms with Gasteiger partial charge in [0.2, 0.25) is 0 Å². The molecule has 178 valence electrons. The lowest BCUT2D eigenvalue weighted by Crippen LogP contribution is -2.51. The fraction of sp³-hybridized carbons (Fsp3) is 0.667.